The van der Waals surface area contributed by atoms with Crippen molar-refractivity contribution >= 4 is 5.78 Å². The van der Waals surface area contributed by atoms with Crippen LogP contribution in [0.5, 0.6) is 0 Å². The Bertz CT molecular complexity index is 189. The monoisotopic (exact) mass is 152 g/mol. The van der Waals surface area contributed by atoms with E-state index in [1.54, 1.807) is 0 Å². The zero-order valence-electron chi connectivity index (χ0n) is 7.55. The Labute approximate surface area is 68.5 Å². The van der Waals surface area contributed by atoms with Crippen molar-refractivity contribution in [2.24, 2.45) is 11.8 Å². The summed E-state index contributed by atoms with van der Waals surface area (Å²) in [5.74, 6) is 1.23. The molecular weight excluding hydrogens is 136 g/mol. The van der Waals surface area contributed by atoms with Gasteiger partial charge < -0.3 is 0 Å². The fourth-order valence-electron chi connectivity index (χ4n) is 1.58. The Kier molecular flexibility index (Phi) is 2.48. The van der Waals surface area contributed by atoms with Crippen LogP contribution in [0, 0.1) is 11.8 Å². The number of Topliss-reactive ketones (excluding diaryl/α,β-unsaturated/α-hetero) is 1. The summed E-state index contributed by atoms with van der Waals surface area (Å²) in [5, 5.41) is 0. The Morgan fingerprint density at radius 2 is 2.18 bits per heavy atom. The fourth-order valence-corrected chi connectivity index (χ4v) is 1.58. The predicted molar refractivity (Wildman–Crippen MR) is 46.3 cm³/mol. The van der Waals surface area contributed by atoms with Gasteiger partial charge in [-0.15, -0.1) is 0 Å². The summed E-state index contributed by atoms with van der Waals surface area (Å²) in [4.78, 5) is 11.4. The lowest BCUT2D eigenvalue weighted by Gasteiger charge is -2.22. The second kappa shape index (κ2) is 3.21. The van der Waals surface area contributed by atoms with Crippen LogP contribution in [0.2, 0.25) is 0 Å². The van der Waals surface area contributed by atoms with Gasteiger partial charge in [0.2, 0.25) is 0 Å². The van der Waals surface area contributed by atoms with Crippen molar-refractivity contribution in [2.45, 2.75) is 33.6 Å². The molecule has 0 amide bonds. The number of rotatable bonds is 1. The first kappa shape index (κ1) is 8.51. The van der Waals surface area contributed by atoms with E-state index in [1.165, 1.54) is 5.57 Å². The Morgan fingerprint density at radius 3 is 2.64 bits per heavy atom. The van der Waals surface area contributed by atoms with Crippen molar-refractivity contribution in [1.82, 2.24) is 0 Å². The minimum Gasteiger partial charge on any atom is -0.299 e. The van der Waals surface area contributed by atoms with Gasteiger partial charge in [-0.2, -0.15) is 0 Å². The summed E-state index contributed by atoms with van der Waals surface area (Å²) in [6.45, 7) is 6.28. The van der Waals surface area contributed by atoms with Crippen LogP contribution in [0.25, 0.3) is 0 Å². The predicted octanol–water partition coefficient (Wildman–Crippen LogP) is 2.57. The van der Waals surface area contributed by atoms with Crippen molar-refractivity contribution in [1.29, 1.82) is 0 Å². The van der Waals surface area contributed by atoms with E-state index in [0.29, 0.717) is 24.0 Å². The van der Waals surface area contributed by atoms with E-state index in [2.05, 4.69) is 19.9 Å². The Morgan fingerprint density at radius 1 is 1.55 bits per heavy atom. The summed E-state index contributed by atoms with van der Waals surface area (Å²) in [7, 11) is 0. The van der Waals surface area contributed by atoms with E-state index < -0.39 is 0 Å². The molecule has 0 aromatic carbocycles. The Balaban J connectivity index is 2.66. The first-order valence-corrected chi connectivity index (χ1v) is 4.29. The summed E-state index contributed by atoms with van der Waals surface area (Å²) in [5.41, 5.74) is 1.24. The van der Waals surface area contributed by atoms with Gasteiger partial charge in [0.15, 0.2) is 0 Å². The van der Waals surface area contributed by atoms with Crippen LogP contribution in [0.4, 0.5) is 0 Å². The van der Waals surface area contributed by atoms with Crippen LogP contribution in [0.3, 0.4) is 0 Å². The van der Waals surface area contributed by atoms with Crippen molar-refractivity contribution in [3.05, 3.63) is 11.6 Å². The number of allylic oxidation sites excluding steroid dienone is 2. The molecule has 1 aliphatic carbocycles. The number of hydrogen-bond donors (Lipinski definition) is 0. The van der Waals surface area contributed by atoms with Gasteiger partial charge in [-0.3, -0.25) is 4.79 Å². The highest BCUT2D eigenvalue weighted by Gasteiger charge is 2.23. The number of carbonyl (C=O) groups excluding carboxylic acids is 1. The third kappa shape index (κ3) is 1.92. The molecule has 0 N–H and O–H groups in total. The average molecular weight is 152 g/mol. The summed E-state index contributed by atoms with van der Waals surface area (Å²) in [6, 6.07) is 0. The first-order valence-electron chi connectivity index (χ1n) is 4.29. The van der Waals surface area contributed by atoms with Gasteiger partial charge in [0.1, 0.15) is 5.78 Å². The minimum atomic E-state index is 0.290. The third-order valence-electron chi connectivity index (χ3n) is 2.39. The molecule has 1 unspecified atom stereocenters. The van der Waals surface area contributed by atoms with Gasteiger partial charge >= 0.3 is 0 Å². The maximum Gasteiger partial charge on any atom is 0.140 e. The molecule has 1 aliphatic rings. The average Bonchev–Trinajstić information content (AvgIpc) is 1.85. The summed E-state index contributed by atoms with van der Waals surface area (Å²) >= 11 is 0. The molecule has 0 spiro atoms. The normalized spacial score (nSPS) is 25.6. The van der Waals surface area contributed by atoms with Crippen LogP contribution >= 0.6 is 0 Å². The number of carbonyl (C=O) groups is 1. The van der Waals surface area contributed by atoms with Crippen molar-refractivity contribution < 1.29 is 4.79 Å². The molecule has 1 rings (SSSR count). The van der Waals surface area contributed by atoms with E-state index >= 15 is 0 Å². The van der Waals surface area contributed by atoms with Crippen molar-refractivity contribution in [2.75, 3.05) is 0 Å². The molecular formula is C10H16O. The topological polar surface area (TPSA) is 17.1 Å². The molecule has 0 aromatic rings. The molecule has 0 fully saturated rings. The van der Waals surface area contributed by atoms with Gasteiger partial charge in [-0.25, -0.2) is 0 Å². The van der Waals surface area contributed by atoms with Crippen LogP contribution in [-0.4, -0.2) is 5.78 Å². The first-order chi connectivity index (χ1) is 5.11. The second-order valence-corrected chi connectivity index (χ2v) is 3.78. The van der Waals surface area contributed by atoms with E-state index in [1.807, 2.05) is 6.92 Å². The SMILES string of the molecule is CC1=CCC(C(C)C)C(=O)C1. The maximum absolute atomic E-state index is 11.4. The van der Waals surface area contributed by atoms with Crippen LogP contribution in [0.1, 0.15) is 33.6 Å². The Hall–Kier alpha value is -0.590. The van der Waals surface area contributed by atoms with Gasteiger partial charge in [0.05, 0.1) is 0 Å². The molecule has 0 bridgehead atoms. The van der Waals surface area contributed by atoms with Crippen LogP contribution in [0.15, 0.2) is 11.6 Å². The van der Waals surface area contributed by atoms with Gasteiger partial charge in [-0.05, 0) is 19.3 Å². The molecule has 0 radical (unpaired) electrons. The van der Waals surface area contributed by atoms with Crippen LogP contribution in [-0.2, 0) is 4.79 Å². The quantitative estimate of drug-likeness (QED) is 0.528. The lowest BCUT2D eigenvalue weighted by molar-refractivity contribution is -0.123. The largest absolute Gasteiger partial charge is 0.299 e. The van der Waals surface area contributed by atoms with Crippen molar-refractivity contribution in [3.8, 4) is 0 Å². The van der Waals surface area contributed by atoms with E-state index in [0.717, 1.165) is 6.42 Å². The molecule has 0 aromatic heterocycles. The van der Waals surface area contributed by atoms with E-state index in [4.69, 9.17) is 0 Å². The second-order valence-electron chi connectivity index (χ2n) is 3.78. The van der Waals surface area contributed by atoms with Gasteiger partial charge in [0.25, 0.3) is 0 Å². The van der Waals surface area contributed by atoms with Gasteiger partial charge in [-0.1, -0.05) is 25.5 Å². The van der Waals surface area contributed by atoms with E-state index in [9.17, 15) is 4.79 Å². The zero-order valence-corrected chi connectivity index (χ0v) is 7.55. The molecule has 0 aliphatic heterocycles. The maximum atomic E-state index is 11.4. The molecule has 1 atom stereocenters. The molecule has 0 saturated carbocycles. The number of hydrogen-bond acceptors (Lipinski definition) is 1. The van der Waals surface area contributed by atoms with Gasteiger partial charge in [0, 0.05) is 12.3 Å². The third-order valence-corrected chi connectivity index (χ3v) is 2.39. The lowest BCUT2D eigenvalue weighted by atomic mass is 9.82. The highest BCUT2D eigenvalue weighted by Crippen LogP contribution is 2.25. The minimum absolute atomic E-state index is 0.290. The summed E-state index contributed by atoms with van der Waals surface area (Å²) < 4.78 is 0. The molecule has 1 nitrogen and oxygen atoms in total. The lowest BCUT2D eigenvalue weighted by Crippen LogP contribution is -2.22. The molecule has 62 valence electrons. The zero-order chi connectivity index (χ0) is 8.43. The molecule has 0 heterocycles. The van der Waals surface area contributed by atoms with Crippen molar-refractivity contribution in [3.63, 3.8) is 0 Å². The smallest absolute Gasteiger partial charge is 0.140 e. The summed E-state index contributed by atoms with van der Waals surface area (Å²) in [6.07, 6.45) is 3.84. The standard InChI is InChI=1S/C10H16O/c1-7(2)9-5-4-8(3)6-10(9)11/h4,7,9H,5-6H2,1-3H3. The fraction of sp³-hybridized carbons (Fsp3) is 0.700. The number of ketones is 1. The van der Waals surface area contributed by atoms with E-state index in [-0.39, 0.29) is 0 Å². The highest BCUT2D eigenvalue weighted by molar-refractivity contribution is 5.84. The molecule has 1 heteroatoms. The highest BCUT2D eigenvalue weighted by atomic mass is 16.1. The van der Waals surface area contributed by atoms with Crippen LogP contribution < -0.4 is 0 Å². The molecule has 0 saturated heterocycles. The molecule has 11 heavy (non-hydrogen) atoms.